The number of anilines is 1. The van der Waals surface area contributed by atoms with Crippen LogP contribution in [0.25, 0.3) is 10.9 Å². The van der Waals surface area contributed by atoms with Crippen LogP contribution in [0.4, 0.5) is 5.69 Å². The van der Waals surface area contributed by atoms with E-state index < -0.39 is 17.9 Å². The third-order valence-corrected chi connectivity index (χ3v) is 3.23. The molecule has 0 bridgehead atoms. The first kappa shape index (κ1) is 14.7. The lowest BCUT2D eigenvalue weighted by atomic mass is 10.0. The van der Waals surface area contributed by atoms with Gasteiger partial charge in [-0.25, -0.2) is 4.79 Å². The van der Waals surface area contributed by atoms with Crippen LogP contribution in [0.2, 0.25) is 0 Å². The molecule has 1 aromatic carbocycles. The van der Waals surface area contributed by atoms with Crippen LogP contribution in [0.5, 0.6) is 5.75 Å². The largest absolute Gasteiger partial charge is 0.495 e. The van der Waals surface area contributed by atoms with Gasteiger partial charge in [0, 0.05) is 30.6 Å². The summed E-state index contributed by atoms with van der Waals surface area (Å²) in [6.45, 7) is 1.28. The quantitative estimate of drug-likeness (QED) is 0.610. The molecule has 0 spiro atoms. The van der Waals surface area contributed by atoms with Gasteiger partial charge in [0.05, 0.1) is 12.6 Å². The Balaban J connectivity index is 2.42. The molecule has 1 atom stereocenters. The number of methoxy groups -OCH3 is 1. The van der Waals surface area contributed by atoms with Gasteiger partial charge in [-0.3, -0.25) is 4.79 Å². The summed E-state index contributed by atoms with van der Waals surface area (Å²) in [5, 5.41) is 12.3. The lowest BCUT2D eigenvalue weighted by Crippen LogP contribution is -2.41. The molecule has 1 amide bonds. The zero-order chi connectivity index (χ0) is 15.6. The zero-order valence-corrected chi connectivity index (χ0v) is 11.8. The number of fused-ring (bicyclic) bond motifs is 1. The molecular formula is C14H17N3O4. The summed E-state index contributed by atoms with van der Waals surface area (Å²) < 4.78 is 5.24. The number of amides is 1. The van der Waals surface area contributed by atoms with E-state index in [4.69, 9.17) is 10.5 Å². The van der Waals surface area contributed by atoms with Gasteiger partial charge in [-0.15, -0.1) is 0 Å². The smallest absolute Gasteiger partial charge is 0.326 e. The minimum atomic E-state index is -1.10. The molecule has 2 rings (SSSR count). The Kier molecular flexibility index (Phi) is 4.02. The molecule has 0 fully saturated rings. The lowest BCUT2D eigenvalue weighted by molar-refractivity contribution is -0.141. The van der Waals surface area contributed by atoms with E-state index in [9.17, 15) is 14.7 Å². The standard InChI is InChI=1S/C14H17N3O4/c1-7(18)17-10(14(19)20)5-8-6-16-13-11(21-2)4-3-9(15)12(8)13/h3-4,6,10,16H,5,15H2,1-2H3,(H,17,18)(H,19,20). The molecule has 5 N–H and O–H groups in total. The highest BCUT2D eigenvalue weighted by Crippen LogP contribution is 2.32. The van der Waals surface area contributed by atoms with Crippen molar-refractivity contribution in [3.05, 3.63) is 23.9 Å². The van der Waals surface area contributed by atoms with E-state index in [0.717, 1.165) is 0 Å². The van der Waals surface area contributed by atoms with Gasteiger partial charge in [-0.05, 0) is 17.7 Å². The van der Waals surface area contributed by atoms with Crippen LogP contribution >= 0.6 is 0 Å². The van der Waals surface area contributed by atoms with Gasteiger partial charge in [0.2, 0.25) is 5.91 Å². The topological polar surface area (TPSA) is 117 Å². The fourth-order valence-corrected chi connectivity index (χ4v) is 2.32. The number of hydrogen-bond donors (Lipinski definition) is 4. The van der Waals surface area contributed by atoms with Gasteiger partial charge in [0.1, 0.15) is 11.8 Å². The number of H-pyrrole nitrogens is 1. The number of rotatable bonds is 5. The predicted octanol–water partition coefficient (Wildman–Crippen LogP) is 0.890. The van der Waals surface area contributed by atoms with E-state index in [2.05, 4.69) is 10.3 Å². The van der Waals surface area contributed by atoms with Crippen molar-refractivity contribution in [2.75, 3.05) is 12.8 Å². The molecule has 1 unspecified atom stereocenters. The Morgan fingerprint density at radius 3 is 2.76 bits per heavy atom. The van der Waals surface area contributed by atoms with Crippen molar-refractivity contribution in [3.63, 3.8) is 0 Å². The van der Waals surface area contributed by atoms with Crippen LogP contribution in [0, 0.1) is 0 Å². The highest BCUT2D eigenvalue weighted by Gasteiger charge is 2.21. The van der Waals surface area contributed by atoms with E-state index >= 15 is 0 Å². The second kappa shape index (κ2) is 5.74. The predicted molar refractivity (Wildman–Crippen MR) is 78.2 cm³/mol. The first-order chi connectivity index (χ1) is 9.93. The number of carbonyl (C=O) groups excluding carboxylic acids is 1. The van der Waals surface area contributed by atoms with Gasteiger partial charge in [0.25, 0.3) is 0 Å². The normalized spacial score (nSPS) is 12.1. The van der Waals surface area contributed by atoms with Crippen LogP contribution in [0.15, 0.2) is 18.3 Å². The third kappa shape index (κ3) is 2.91. The number of benzene rings is 1. The van der Waals surface area contributed by atoms with Crippen molar-refractivity contribution in [2.45, 2.75) is 19.4 Å². The molecule has 7 heteroatoms. The number of nitrogen functional groups attached to an aromatic ring is 1. The first-order valence-corrected chi connectivity index (χ1v) is 6.36. The van der Waals surface area contributed by atoms with Gasteiger partial charge in [-0.1, -0.05) is 0 Å². The average Bonchev–Trinajstić information content (AvgIpc) is 2.83. The minimum absolute atomic E-state index is 0.131. The molecule has 2 aromatic rings. The third-order valence-electron chi connectivity index (χ3n) is 3.23. The molecule has 0 saturated heterocycles. The van der Waals surface area contributed by atoms with Gasteiger partial charge < -0.3 is 25.9 Å². The summed E-state index contributed by atoms with van der Waals surface area (Å²) in [4.78, 5) is 25.4. The van der Waals surface area contributed by atoms with Crippen LogP contribution in [0.3, 0.4) is 0 Å². The molecule has 7 nitrogen and oxygen atoms in total. The van der Waals surface area contributed by atoms with Gasteiger partial charge >= 0.3 is 5.97 Å². The fourth-order valence-electron chi connectivity index (χ4n) is 2.32. The van der Waals surface area contributed by atoms with E-state index in [1.54, 1.807) is 25.4 Å². The molecule has 0 radical (unpaired) electrons. The Morgan fingerprint density at radius 1 is 1.48 bits per heavy atom. The van der Waals surface area contributed by atoms with E-state index in [1.807, 2.05) is 0 Å². The number of aliphatic carboxylic acids is 1. The Bertz CT molecular complexity index is 693. The summed E-state index contributed by atoms with van der Waals surface area (Å²) in [5.41, 5.74) is 7.91. The number of carboxylic acids is 1. The lowest BCUT2D eigenvalue weighted by Gasteiger charge is -2.13. The van der Waals surface area contributed by atoms with Crippen LogP contribution in [0.1, 0.15) is 12.5 Å². The molecule has 0 aliphatic carbocycles. The second-order valence-corrected chi connectivity index (χ2v) is 4.72. The van der Waals surface area contributed by atoms with Crippen molar-refractivity contribution in [3.8, 4) is 5.75 Å². The number of hydrogen-bond acceptors (Lipinski definition) is 4. The zero-order valence-electron chi connectivity index (χ0n) is 11.8. The fraction of sp³-hybridized carbons (Fsp3) is 0.286. The number of nitrogens with two attached hydrogens (primary N) is 1. The summed E-state index contributed by atoms with van der Waals surface area (Å²) in [5.74, 6) is -0.870. The molecule has 21 heavy (non-hydrogen) atoms. The Morgan fingerprint density at radius 2 is 2.19 bits per heavy atom. The first-order valence-electron chi connectivity index (χ1n) is 6.36. The monoisotopic (exact) mass is 291 g/mol. The van der Waals surface area contributed by atoms with Crippen LogP contribution in [-0.4, -0.2) is 35.1 Å². The van der Waals surface area contributed by atoms with Gasteiger partial charge in [-0.2, -0.15) is 0 Å². The molecule has 0 saturated carbocycles. The Labute approximate surface area is 121 Å². The second-order valence-electron chi connectivity index (χ2n) is 4.72. The molecular weight excluding hydrogens is 274 g/mol. The molecule has 1 aromatic heterocycles. The van der Waals surface area contributed by atoms with Gasteiger partial charge in [0.15, 0.2) is 0 Å². The van der Waals surface area contributed by atoms with Crippen molar-refractivity contribution >= 4 is 28.5 Å². The number of ether oxygens (including phenoxy) is 1. The SMILES string of the molecule is COc1ccc(N)c2c(CC(NC(C)=O)C(=O)O)c[nH]c12. The summed E-state index contributed by atoms with van der Waals surface area (Å²) in [6, 6.07) is 2.43. The highest BCUT2D eigenvalue weighted by molar-refractivity contribution is 5.98. The van der Waals surface area contributed by atoms with E-state index in [0.29, 0.717) is 27.9 Å². The molecule has 1 heterocycles. The van der Waals surface area contributed by atoms with Crippen molar-refractivity contribution in [2.24, 2.45) is 0 Å². The summed E-state index contributed by atoms with van der Waals surface area (Å²) in [7, 11) is 1.54. The average molecular weight is 291 g/mol. The Hall–Kier alpha value is -2.70. The summed E-state index contributed by atoms with van der Waals surface area (Å²) >= 11 is 0. The van der Waals surface area contributed by atoms with Crippen molar-refractivity contribution < 1.29 is 19.4 Å². The number of carbonyl (C=O) groups is 2. The maximum atomic E-state index is 11.2. The number of aromatic amines is 1. The van der Waals surface area contributed by atoms with Crippen molar-refractivity contribution in [1.29, 1.82) is 0 Å². The maximum Gasteiger partial charge on any atom is 0.326 e. The maximum absolute atomic E-state index is 11.2. The number of aromatic nitrogens is 1. The van der Waals surface area contributed by atoms with E-state index in [-0.39, 0.29) is 6.42 Å². The van der Waals surface area contributed by atoms with E-state index in [1.165, 1.54) is 6.92 Å². The molecule has 0 aliphatic heterocycles. The van der Waals surface area contributed by atoms with Crippen molar-refractivity contribution in [1.82, 2.24) is 10.3 Å². The number of carboxylic acid groups (broad SMARTS) is 1. The summed E-state index contributed by atoms with van der Waals surface area (Å²) in [6.07, 6.45) is 1.81. The number of nitrogens with one attached hydrogen (secondary N) is 2. The molecule has 112 valence electrons. The highest BCUT2D eigenvalue weighted by atomic mass is 16.5. The molecule has 0 aliphatic rings. The van der Waals surface area contributed by atoms with Crippen LogP contribution in [-0.2, 0) is 16.0 Å². The minimum Gasteiger partial charge on any atom is -0.495 e. The van der Waals surface area contributed by atoms with Crippen LogP contribution < -0.4 is 15.8 Å².